The predicted molar refractivity (Wildman–Crippen MR) is 81.3 cm³/mol. The molecule has 0 amide bonds. The smallest absolute Gasteiger partial charge is 0.164 e. The molecule has 1 aromatic carbocycles. The Morgan fingerprint density at radius 3 is 2.29 bits per heavy atom. The quantitative estimate of drug-likeness (QED) is 0.849. The van der Waals surface area contributed by atoms with E-state index in [9.17, 15) is 0 Å². The largest absolute Gasteiger partial charge is 0.496 e. The highest BCUT2D eigenvalue weighted by atomic mass is 16.5. The predicted octanol–water partition coefficient (Wildman–Crippen LogP) is 2.54. The number of hydrogen-bond donors (Lipinski definition) is 1. The van der Waals surface area contributed by atoms with Crippen LogP contribution in [0.1, 0.15) is 12.5 Å². The molecule has 0 aliphatic heterocycles. The molecule has 0 saturated carbocycles. The lowest BCUT2D eigenvalue weighted by Crippen LogP contribution is -2.03. The third-order valence-corrected chi connectivity index (χ3v) is 3.23. The van der Waals surface area contributed by atoms with Gasteiger partial charge >= 0.3 is 0 Å². The zero-order valence-electron chi connectivity index (χ0n) is 12.8. The molecule has 1 aromatic heterocycles. The summed E-state index contributed by atoms with van der Waals surface area (Å²) in [5.41, 5.74) is 1.95. The molecule has 0 saturated heterocycles. The van der Waals surface area contributed by atoms with E-state index in [1.165, 1.54) is 0 Å². The van der Waals surface area contributed by atoms with Crippen LogP contribution >= 0.6 is 0 Å². The summed E-state index contributed by atoms with van der Waals surface area (Å²) >= 11 is 0. The van der Waals surface area contributed by atoms with Crippen LogP contribution in [0.25, 0.3) is 0 Å². The van der Waals surface area contributed by atoms with E-state index < -0.39 is 0 Å². The maximum absolute atomic E-state index is 5.41. The van der Waals surface area contributed by atoms with E-state index in [0.29, 0.717) is 18.0 Å². The molecule has 114 valence electrons. The molecular weight excluding hydrogens is 270 g/mol. The Bertz CT molecular complexity index is 596. The fourth-order valence-electron chi connectivity index (χ4n) is 2.06. The minimum absolute atomic E-state index is 0.610. The second-order valence-corrected chi connectivity index (χ2v) is 4.46. The van der Waals surface area contributed by atoms with Gasteiger partial charge < -0.3 is 19.5 Å². The topological polar surface area (TPSA) is 57.5 Å². The van der Waals surface area contributed by atoms with E-state index in [0.717, 1.165) is 23.5 Å². The van der Waals surface area contributed by atoms with Crippen molar-refractivity contribution in [2.24, 2.45) is 0 Å². The fourth-order valence-corrected chi connectivity index (χ4v) is 2.06. The van der Waals surface area contributed by atoms with Crippen molar-refractivity contribution in [1.29, 1.82) is 0 Å². The van der Waals surface area contributed by atoms with E-state index >= 15 is 0 Å². The molecule has 6 heteroatoms. The Labute approximate surface area is 124 Å². The second kappa shape index (κ2) is 6.88. The van der Waals surface area contributed by atoms with E-state index in [-0.39, 0.29) is 0 Å². The van der Waals surface area contributed by atoms with Gasteiger partial charge in [0, 0.05) is 30.9 Å². The molecule has 0 bridgehead atoms. The first-order valence-corrected chi connectivity index (χ1v) is 6.77. The van der Waals surface area contributed by atoms with Gasteiger partial charge in [-0.2, -0.15) is 5.10 Å². The van der Waals surface area contributed by atoms with Crippen LogP contribution < -0.4 is 19.5 Å². The summed E-state index contributed by atoms with van der Waals surface area (Å²) in [6, 6.07) is 3.74. The van der Waals surface area contributed by atoms with Gasteiger partial charge in [-0.25, -0.2) is 0 Å². The minimum Gasteiger partial charge on any atom is -0.496 e. The molecule has 1 N–H and O–H groups in total. The second-order valence-electron chi connectivity index (χ2n) is 4.46. The number of benzene rings is 1. The summed E-state index contributed by atoms with van der Waals surface area (Å²) in [5.74, 6) is 2.08. The zero-order valence-corrected chi connectivity index (χ0v) is 12.8. The summed E-state index contributed by atoms with van der Waals surface area (Å²) in [7, 11) is 4.86. The van der Waals surface area contributed by atoms with Crippen molar-refractivity contribution in [3.05, 3.63) is 30.1 Å². The Balaban J connectivity index is 2.17. The lowest BCUT2D eigenvalue weighted by Gasteiger charge is -2.14. The summed E-state index contributed by atoms with van der Waals surface area (Å²) in [5, 5.41) is 7.55. The number of nitrogens with one attached hydrogen (secondary N) is 1. The highest BCUT2D eigenvalue weighted by molar-refractivity contribution is 5.52. The standard InChI is InChI=1S/C15H21N3O3/c1-5-18-10-12(9-17-18)16-8-11-6-14(20-3)15(21-4)7-13(11)19-2/h6-7,9-10,16H,5,8H2,1-4H3. The van der Waals surface area contributed by atoms with E-state index in [4.69, 9.17) is 14.2 Å². The van der Waals surface area contributed by atoms with Crippen LogP contribution in [0.4, 0.5) is 5.69 Å². The average molecular weight is 291 g/mol. The van der Waals surface area contributed by atoms with Crippen LogP contribution in [0.15, 0.2) is 24.5 Å². The van der Waals surface area contributed by atoms with Gasteiger partial charge in [0.2, 0.25) is 0 Å². The van der Waals surface area contributed by atoms with Crippen molar-refractivity contribution in [3.8, 4) is 17.2 Å². The SMILES string of the molecule is CCn1cc(NCc2cc(OC)c(OC)cc2OC)cn1. The molecule has 0 aliphatic rings. The highest BCUT2D eigenvalue weighted by Gasteiger charge is 2.11. The van der Waals surface area contributed by atoms with Crippen molar-refractivity contribution in [3.63, 3.8) is 0 Å². The first-order chi connectivity index (χ1) is 10.2. The number of aromatic nitrogens is 2. The van der Waals surface area contributed by atoms with Gasteiger partial charge in [-0.05, 0) is 13.0 Å². The maximum atomic E-state index is 5.41. The van der Waals surface area contributed by atoms with Crippen molar-refractivity contribution in [1.82, 2.24) is 9.78 Å². The molecule has 0 aliphatic carbocycles. The van der Waals surface area contributed by atoms with Gasteiger partial charge in [0.25, 0.3) is 0 Å². The molecule has 1 heterocycles. The van der Waals surface area contributed by atoms with Crippen LogP contribution in [0.5, 0.6) is 17.2 Å². The summed E-state index contributed by atoms with van der Waals surface area (Å²) in [6.45, 7) is 3.51. The Morgan fingerprint density at radius 2 is 1.71 bits per heavy atom. The zero-order chi connectivity index (χ0) is 15.2. The molecule has 0 unspecified atom stereocenters. The minimum atomic E-state index is 0.610. The van der Waals surface area contributed by atoms with E-state index in [1.54, 1.807) is 27.5 Å². The van der Waals surface area contributed by atoms with Crippen molar-refractivity contribution in [2.45, 2.75) is 20.0 Å². The molecule has 0 radical (unpaired) electrons. The fraction of sp³-hybridized carbons (Fsp3) is 0.400. The van der Waals surface area contributed by atoms with Crippen molar-refractivity contribution < 1.29 is 14.2 Å². The average Bonchev–Trinajstić information content (AvgIpc) is 2.99. The van der Waals surface area contributed by atoms with Crippen LogP contribution in [0.3, 0.4) is 0 Å². The molecule has 0 atom stereocenters. The van der Waals surface area contributed by atoms with Crippen molar-refractivity contribution >= 4 is 5.69 Å². The van der Waals surface area contributed by atoms with Crippen LogP contribution in [0, 0.1) is 0 Å². The van der Waals surface area contributed by atoms with Gasteiger partial charge in [-0.3, -0.25) is 4.68 Å². The van der Waals surface area contributed by atoms with E-state index in [1.807, 2.05) is 29.9 Å². The first-order valence-electron chi connectivity index (χ1n) is 6.77. The number of nitrogens with zero attached hydrogens (tertiary/aromatic N) is 2. The van der Waals surface area contributed by atoms with Gasteiger partial charge in [0.05, 0.1) is 33.2 Å². The number of rotatable bonds is 7. The van der Waals surface area contributed by atoms with Crippen molar-refractivity contribution in [2.75, 3.05) is 26.6 Å². The summed E-state index contributed by atoms with van der Waals surface area (Å²) in [4.78, 5) is 0. The van der Waals surface area contributed by atoms with Crippen LogP contribution in [-0.4, -0.2) is 31.1 Å². The monoisotopic (exact) mass is 291 g/mol. The number of aryl methyl sites for hydroxylation is 1. The molecule has 2 rings (SSSR count). The Kier molecular flexibility index (Phi) is 4.92. The number of hydrogen-bond acceptors (Lipinski definition) is 5. The summed E-state index contributed by atoms with van der Waals surface area (Å²) in [6.07, 6.45) is 3.77. The summed E-state index contributed by atoms with van der Waals surface area (Å²) < 4.78 is 17.9. The van der Waals surface area contributed by atoms with E-state index in [2.05, 4.69) is 10.4 Å². The molecular formula is C15H21N3O3. The van der Waals surface area contributed by atoms with Crippen LogP contribution in [-0.2, 0) is 13.1 Å². The third-order valence-electron chi connectivity index (χ3n) is 3.23. The van der Waals surface area contributed by atoms with Gasteiger partial charge in [-0.15, -0.1) is 0 Å². The first kappa shape index (κ1) is 15.0. The maximum Gasteiger partial charge on any atom is 0.164 e. The Hall–Kier alpha value is -2.37. The van der Waals surface area contributed by atoms with Gasteiger partial charge in [0.1, 0.15) is 5.75 Å². The molecule has 2 aromatic rings. The number of methoxy groups -OCH3 is 3. The number of ether oxygens (including phenoxy) is 3. The third kappa shape index (κ3) is 3.39. The Morgan fingerprint density at radius 1 is 1.05 bits per heavy atom. The molecule has 21 heavy (non-hydrogen) atoms. The molecule has 0 fully saturated rings. The lowest BCUT2D eigenvalue weighted by molar-refractivity contribution is 0.347. The van der Waals surface area contributed by atoms with Crippen LogP contribution in [0.2, 0.25) is 0 Å². The lowest BCUT2D eigenvalue weighted by atomic mass is 10.1. The normalized spacial score (nSPS) is 10.3. The highest BCUT2D eigenvalue weighted by Crippen LogP contribution is 2.34. The molecule has 6 nitrogen and oxygen atoms in total. The van der Waals surface area contributed by atoms with Gasteiger partial charge in [-0.1, -0.05) is 0 Å². The van der Waals surface area contributed by atoms with Gasteiger partial charge in [0.15, 0.2) is 11.5 Å². The molecule has 0 spiro atoms. The number of anilines is 1.